The highest BCUT2D eigenvalue weighted by Crippen LogP contribution is 2.54. The molecule has 0 radical (unpaired) electrons. The number of hydrogen-bond acceptors (Lipinski definition) is 8. The van der Waals surface area contributed by atoms with Gasteiger partial charge in [-0.05, 0) is 18.6 Å². The molecule has 1 spiro atoms. The molecular formula is C23H21N5O7. The Morgan fingerprint density at radius 2 is 1.94 bits per heavy atom. The third-order valence-corrected chi connectivity index (χ3v) is 6.98. The molecule has 3 aliphatic heterocycles. The Labute approximate surface area is 198 Å². The van der Waals surface area contributed by atoms with Crippen LogP contribution in [0.5, 0.6) is 5.75 Å². The van der Waals surface area contributed by atoms with Crippen molar-refractivity contribution < 1.29 is 28.8 Å². The molecule has 12 heteroatoms. The molecule has 12 nitrogen and oxygen atoms in total. The van der Waals surface area contributed by atoms with Gasteiger partial charge >= 0.3 is 5.69 Å². The van der Waals surface area contributed by atoms with Gasteiger partial charge in [-0.2, -0.15) is 0 Å². The van der Waals surface area contributed by atoms with E-state index in [2.05, 4.69) is 10.6 Å². The minimum atomic E-state index is -1.58. The molecule has 0 unspecified atom stereocenters. The van der Waals surface area contributed by atoms with Crippen LogP contribution in [-0.2, 0) is 24.7 Å². The summed E-state index contributed by atoms with van der Waals surface area (Å²) in [5, 5.41) is 17.3. The predicted octanol–water partition coefficient (Wildman–Crippen LogP) is 0.712. The average Bonchev–Trinajstić information content (AvgIpc) is 3.38. The first kappa shape index (κ1) is 22.5. The van der Waals surface area contributed by atoms with Gasteiger partial charge < -0.3 is 15.8 Å². The van der Waals surface area contributed by atoms with Crippen molar-refractivity contribution in [3.05, 3.63) is 57.6 Å². The fraction of sp³-hybridized carbons (Fsp3) is 0.304. The van der Waals surface area contributed by atoms with Crippen molar-refractivity contribution >= 4 is 40.7 Å². The Hall–Kier alpha value is -4.32. The van der Waals surface area contributed by atoms with Crippen molar-refractivity contribution in [2.45, 2.75) is 24.9 Å². The van der Waals surface area contributed by atoms with E-state index in [1.807, 2.05) is 0 Å². The van der Waals surface area contributed by atoms with Crippen molar-refractivity contribution in [1.29, 1.82) is 0 Å². The minimum Gasteiger partial charge on any atom is -0.490 e. The van der Waals surface area contributed by atoms with Crippen LogP contribution in [0.25, 0.3) is 0 Å². The highest BCUT2D eigenvalue weighted by Gasteiger charge is 2.70. The Kier molecular flexibility index (Phi) is 4.88. The number of nitro groups is 1. The topological polar surface area (TPSA) is 174 Å². The molecule has 0 aliphatic carbocycles. The van der Waals surface area contributed by atoms with Gasteiger partial charge in [0.2, 0.25) is 23.6 Å². The predicted molar refractivity (Wildman–Crippen MR) is 121 cm³/mol. The summed E-state index contributed by atoms with van der Waals surface area (Å²) in [6.07, 6.45) is -0.270. The molecule has 5 rings (SSSR count). The van der Waals surface area contributed by atoms with E-state index < -0.39 is 52.0 Å². The summed E-state index contributed by atoms with van der Waals surface area (Å²) in [4.78, 5) is 64.5. The van der Waals surface area contributed by atoms with Crippen LogP contribution in [0.15, 0.2) is 36.4 Å². The molecule has 0 bridgehead atoms. The van der Waals surface area contributed by atoms with E-state index in [1.54, 1.807) is 24.3 Å². The van der Waals surface area contributed by atoms with Crippen LogP contribution in [-0.4, -0.2) is 41.7 Å². The third kappa shape index (κ3) is 2.96. The molecule has 4 atom stereocenters. The number of nitrogens with one attached hydrogen (secondary N) is 2. The monoisotopic (exact) mass is 479 g/mol. The van der Waals surface area contributed by atoms with E-state index in [0.717, 1.165) is 4.90 Å². The lowest BCUT2D eigenvalue weighted by Gasteiger charge is -2.29. The second-order valence-corrected chi connectivity index (χ2v) is 8.81. The van der Waals surface area contributed by atoms with Gasteiger partial charge in [-0.1, -0.05) is 18.2 Å². The normalized spacial score (nSPS) is 26.6. The summed E-state index contributed by atoms with van der Waals surface area (Å²) in [5.74, 6) is -4.86. The average molecular weight is 479 g/mol. The number of methoxy groups -OCH3 is 1. The number of hydrogen-bond donors (Lipinski definition) is 3. The number of carbonyl (C=O) groups is 4. The first-order valence-electron chi connectivity index (χ1n) is 10.8. The van der Waals surface area contributed by atoms with Gasteiger partial charge in [-0.25, -0.2) is 4.90 Å². The lowest BCUT2D eigenvalue weighted by atomic mass is 9.76. The molecule has 35 heavy (non-hydrogen) atoms. The van der Waals surface area contributed by atoms with E-state index in [1.165, 1.54) is 26.2 Å². The summed E-state index contributed by atoms with van der Waals surface area (Å²) in [5.41, 5.74) is 4.93. The van der Waals surface area contributed by atoms with Gasteiger partial charge in [-0.3, -0.25) is 34.6 Å². The van der Waals surface area contributed by atoms with Gasteiger partial charge in [0.15, 0.2) is 5.75 Å². The number of aryl methyl sites for hydroxylation is 1. The first-order chi connectivity index (χ1) is 16.6. The SMILES string of the molecule is COc1cc(N2C(=O)[C@H]3[C@@H](C2=O)[C@@]2(N[C@@H]3CC(N)=O)C(=O)Nc3ccccc32)c(C)cc1[N+](=O)[O-]. The standard InChI is InChI=1S/C23H21N5O7/c1-10-7-15(28(33)34)16(35-2)9-14(10)27-20(30)18-13(8-17(24)29)26-23(19(18)21(27)31)11-5-3-4-6-12(11)25-22(23)32/h3-7,9,13,18-19,26H,8H2,1-2H3,(H2,24,29)(H,25,32)/t13-,18-,19+,23-/m1/s1. The smallest absolute Gasteiger partial charge is 0.311 e. The lowest BCUT2D eigenvalue weighted by molar-refractivity contribution is -0.385. The number of primary amides is 1. The summed E-state index contributed by atoms with van der Waals surface area (Å²) in [6, 6.07) is 8.41. The number of nitrogens with two attached hydrogens (primary N) is 1. The number of imide groups is 1. The third-order valence-electron chi connectivity index (χ3n) is 6.98. The maximum absolute atomic E-state index is 13.9. The molecular weight excluding hydrogens is 458 g/mol. The van der Waals surface area contributed by atoms with E-state index in [-0.39, 0.29) is 23.5 Å². The quantitative estimate of drug-likeness (QED) is 0.319. The van der Waals surface area contributed by atoms with Gasteiger partial charge in [0, 0.05) is 35.8 Å². The van der Waals surface area contributed by atoms with Crippen molar-refractivity contribution in [2.24, 2.45) is 17.6 Å². The number of para-hydroxylation sites is 1. The Bertz CT molecular complexity index is 1340. The number of nitro benzene ring substituents is 1. The molecule has 2 aromatic rings. The number of ether oxygens (including phenoxy) is 1. The summed E-state index contributed by atoms with van der Waals surface area (Å²) in [6.45, 7) is 1.53. The summed E-state index contributed by atoms with van der Waals surface area (Å²) in [7, 11) is 1.24. The van der Waals surface area contributed by atoms with Gasteiger partial charge in [-0.15, -0.1) is 0 Å². The maximum Gasteiger partial charge on any atom is 0.311 e. The van der Waals surface area contributed by atoms with Crippen LogP contribution in [0.2, 0.25) is 0 Å². The van der Waals surface area contributed by atoms with Crippen molar-refractivity contribution in [3.8, 4) is 5.75 Å². The zero-order valence-electron chi connectivity index (χ0n) is 18.7. The summed E-state index contributed by atoms with van der Waals surface area (Å²) >= 11 is 0. The zero-order chi connectivity index (χ0) is 25.2. The van der Waals surface area contributed by atoms with Crippen molar-refractivity contribution in [2.75, 3.05) is 17.3 Å². The van der Waals surface area contributed by atoms with Crippen LogP contribution in [0, 0.1) is 28.9 Å². The van der Waals surface area contributed by atoms with E-state index >= 15 is 0 Å². The lowest BCUT2D eigenvalue weighted by Crippen LogP contribution is -2.53. The first-order valence-corrected chi connectivity index (χ1v) is 10.8. The van der Waals surface area contributed by atoms with Crippen LogP contribution >= 0.6 is 0 Å². The Morgan fingerprint density at radius 3 is 2.60 bits per heavy atom. The fourth-order valence-corrected chi connectivity index (χ4v) is 5.60. The van der Waals surface area contributed by atoms with Crippen LogP contribution in [0.1, 0.15) is 17.5 Å². The molecule has 4 amide bonds. The Balaban J connectivity index is 1.68. The minimum absolute atomic E-state index is 0.108. The highest BCUT2D eigenvalue weighted by atomic mass is 16.6. The summed E-state index contributed by atoms with van der Waals surface area (Å²) < 4.78 is 5.13. The number of benzene rings is 2. The van der Waals surface area contributed by atoms with Crippen LogP contribution in [0.3, 0.4) is 0 Å². The molecule has 4 N–H and O–H groups in total. The number of rotatable bonds is 5. The number of anilines is 2. The van der Waals surface area contributed by atoms with E-state index in [4.69, 9.17) is 10.5 Å². The second-order valence-electron chi connectivity index (χ2n) is 8.81. The van der Waals surface area contributed by atoms with Gasteiger partial charge in [0.1, 0.15) is 5.54 Å². The zero-order valence-corrected chi connectivity index (χ0v) is 18.7. The van der Waals surface area contributed by atoms with Crippen LogP contribution < -0.4 is 26.0 Å². The van der Waals surface area contributed by atoms with Gasteiger partial charge in [0.25, 0.3) is 0 Å². The van der Waals surface area contributed by atoms with Crippen molar-refractivity contribution in [3.63, 3.8) is 0 Å². The number of carbonyl (C=O) groups excluding carboxylic acids is 4. The largest absolute Gasteiger partial charge is 0.490 e. The molecule has 2 aromatic carbocycles. The van der Waals surface area contributed by atoms with E-state index in [9.17, 15) is 29.3 Å². The fourth-order valence-electron chi connectivity index (χ4n) is 5.60. The number of amides is 4. The molecule has 180 valence electrons. The number of fused-ring (bicyclic) bond motifs is 4. The Morgan fingerprint density at radius 1 is 1.23 bits per heavy atom. The molecule has 0 saturated carbocycles. The molecule has 0 aromatic heterocycles. The van der Waals surface area contributed by atoms with Crippen molar-refractivity contribution in [1.82, 2.24) is 5.32 Å². The maximum atomic E-state index is 13.9. The van der Waals surface area contributed by atoms with E-state index in [0.29, 0.717) is 16.8 Å². The number of nitrogens with zero attached hydrogens (tertiary/aromatic N) is 2. The molecule has 3 aliphatic rings. The molecule has 3 heterocycles. The molecule has 2 fully saturated rings. The van der Waals surface area contributed by atoms with Crippen LogP contribution in [0.4, 0.5) is 17.1 Å². The highest BCUT2D eigenvalue weighted by molar-refractivity contribution is 6.26. The van der Waals surface area contributed by atoms with Gasteiger partial charge in [0.05, 0.1) is 29.6 Å². The molecule has 2 saturated heterocycles. The second kappa shape index (κ2) is 7.60.